The lowest BCUT2D eigenvalue weighted by Crippen LogP contribution is -2.43. The van der Waals surface area contributed by atoms with Crippen LogP contribution in [-0.4, -0.2) is 32.0 Å². The Balaban J connectivity index is 2.78. The summed E-state index contributed by atoms with van der Waals surface area (Å²) in [5, 5.41) is 4.69. The average molecular weight is 499 g/mol. The second-order valence-electron chi connectivity index (χ2n) is 5.34. The van der Waals surface area contributed by atoms with Crippen molar-refractivity contribution >= 4 is 81.4 Å². The largest absolute Gasteiger partial charge is 0.352 e. The molecule has 27 heavy (non-hydrogen) atoms. The van der Waals surface area contributed by atoms with Crippen molar-refractivity contribution < 1.29 is 14.0 Å². The van der Waals surface area contributed by atoms with E-state index in [9.17, 15) is 14.0 Å². The number of nitrogens with one attached hydrogen (secondary N) is 2. The van der Waals surface area contributed by atoms with Crippen LogP contribution in [0.4, 0.5) is 4.39 Å². The normalized spacial score (nSPS) is 13.8. The van der Waals surface area contributed by atoms with Crippen molar-refractivity contribution in [3.05, 3.63) is 47.8 Å². The quantitative estimate of drug-likeness (QED) is 0.418. The molecule has 150 valence electrons. The monoisotopic (exact) mass is 496 g/mol. The molecule has 0 saturated carbocycles. The first kappa shape index (κ1) is 24.6. The van der Waals surface area contributed by atoms with E-state index in [2.05, 4.69) is 10.6 Å². The lowest BCUT2D eigenvalue weighted by atomic mass is 10.0. The van der Waals surface area contributed by atoms with E-state index in [1.807, 2.05) is 0 Å². The summed E-state index contributed by atoms with van der Waals surface area (Å²) in [6.45, 7) is 0.0244. The lowest BCUT2D eigenvalue weighted by Gasteiger charge is -2.20. The van der Waals surface area contributed by atoms with Crippen LogP contribution in [0, 0.1) is 0 Å². The number of rotatable bonds is 7. The fraction of sp³-hybridized carbons (Fsp3) is 0.375. The lowest BCUT2D eigenvalue weighted by molar-refractivity contribution is -0.121. The Hall–Kier alpha value is -0.430. The van der Waals surface area contributed by atoms with Crippen LogP contribution in [0.1, 0.15) is 12.0 Å². The average Bonchev–Trinajstić information content (AvgIpc) is 2.56. The minimum atomic E-state index is -2.23. The summed E-state index contributed by atoms with van der Waals surface area (Å²) in [5.74, 6) is -2.45. The molecule has 1 aromatic rings. The third-order valence-electron chi connectivity index (χ3n) is 3.21. The zero-order valence-electron chi connectivity index (χ0n) is 13.6. The van der Waals surface area contributed by atoms with Gasteiger partial charge < -0.3 is 10.6 Å². The molecule has 0 heterocycles. The highest BCUT2D eigenvalue weighted by Gasteiger charge is 2.33. The van der Waals surface area contributed by atoms with Gasteiger partial charge in [-0.1, -0.05) is 99.9 Å². The number of benzene rings is 1. The topological polar surface area (TPSA) is 58.2 Å². The number of alkyl halides is 6. The smallest absolute Gasteiger partial charge is 0.272 e. The van der Waals surface area contributed by atoms with Crippen LogP contribution in [0.15, 0.2) is 42.2 Å². The van der Waals surface area contributed by atoms with E-state index < -0.39 is 31.3 Å². The van der Waals surface area contributed by atoms with E-state index >= 15 is 0 Å². The maximum Gasteiger partial charge on any atom is 0.272 e. The highest BCUT2D eigenvalue weighted by Crippen LogP contribution is 2.27. The zero-order chi connectivity index (χ0) is 20.7. The number of halogens is 7. The molecular formula is C16H15Cl6FN2O2. The molecule has 4 nitrogen and oxygen atoms in total. The summed E-state index contributed by atoms with van der Waals surface area (Å²) in [7, 11) is 0. The van der Waals surface area contributed by atoms with E-state index in [0.717, 1.165) is 5.56 Å². The van der Waals surface area contributed by atoms with Crippen LogP contribution in [0.3, 0.4) is 0 Å². The maximum atomic E-state index is 14.6. The molecule has 1 atom stereocenters. The standard InChI is InChI=1S/C16H15Cl6FN2O2/c17-15(18,19)13(26)24-8-4-7-11(23)12(25-14(27)16(20,21)22)9-10-5-2-1-3-6-10/h1-3,5-7,12H,4,8-9H2,(H,24,26)(H,25,27)/b11-7-/t12-/m0/s1. The third kappa shape index (κ3) is 9.55. The number of hydrogen-bond donors (Lipinski definition) is 2. The molecule has 11 heteroatoms. The number of hydrogen-bond acceptors (Lipinski definition) is 2. The third-order valence-corrected chi connectivity index (χ3v) is 4.23. The van der Waals surface area contributed by atoms with Gasteiger partial charge in [0, 0.05) is 6.54 Å². The van der Waals surface area contributed by atoms with E-state index in [1.165, 1.54) is 6.08 Å². The summed E-state index contributed by atoms with van der Waals surface area (Å²) in [6, 6.07) is 7.83. The Bertz CT molecular complexity index is 674. The van der Waals surface area contributed by atoms with Gasteiger partial charge in [0.05, 0.1) is 6.04 Å². The van der Waals surface area contributed by atoms with Gasteiger partial charge in [-0.3, -0.25) is 9.59 Å². The van der Waals surface area contributed by atoms with Crippen LogP contribution in [0.5, 0.6) is 0 Å². The molecule has 1 rings (SSSR count). The highest BCUT2D eigenvalue weighted by molar-refractivity contribution is 6.76. The van der Waals surface area contributed by atoms with Crippen molar-refractivity contribution in [1.29, 1.82) is 0 Å². The van der Waals surface area contributed by atoms with Gasteiger partial charge in [0.15, 0.2) is 0 Å². The molecule has 2 amide bonds. The summed E-state index contributed by atoms with van der Waals surface area (Å²) in [4.78, 5) is 23.3. The molecule has 0 spiro atoms. The highest BCUT2D eigenvalue weighted by atomic mass is 35.6. The van der Waals surface area contributed by atoms with Gasteiger partial charge in [0.25, 0.3) is 19.4 Å². The Morgan fingerprint density at radius 1 is 1.00 bits per heavy atom. The molecule has 0 saturated heterocycles. The number of carbonyl (C=O) groups is 2. The van der Waals surface area contributed by atoms with Crippen molar-refractivity contribution in [2.24, 2.45) is 0 Å². The van der Waals surface area contributed by atoms with Crippen LogP contribution in [0.2, 0.25) is 0 Å². The first-order valence-corrected chi connectivity index (χ1v) is 9.80. The van der Waals surface area contributed by atoms with Crippen molar-refractivity contribution in [3.63, 3.8) is 0 Å². The fourth-order valence-electron chi connectivity index (χ4n) is 1.95. The van der Waals surface area contributed by atoms with Crippen LogP contribution < -0.4 is 10.6 Å². The molecule has 2 N–H and O–H groups in total. The predicted octanol–water partition coefficient (Wildman–Crippen LogP) is 4.81. The van der Waals surface area contributed by atoms with Gasteiger partial charge in [0.2, 0.25) is 0 Å². The van der Waals surface area contributed by atoms with Crippen molar-refractivity contribution in [3.8, 4) is 0 Å². The molecule has 0 bridgehead atoms. The summed E-state index contributed by atoms with van der Waals surface area (Å²) in [6.07, 6.45) is 1.41. The summed E-state index contributed by atoms with van der Waals surface area (Å²) >= 11 is 32.8. The molecule has 0 fully saturated rings. The SMILES string of the molecule is O=C(NCC/C=C(\F)[C@H](Cc1ccccc1)NC(=O)C(Cl)(Cl)Cl)C(Cl)(Cl)Cl. The predicted molar refractivity (Wildman–Crippen MR) is 109 cm³/mol. The Morgan fingerprint density at radius 3 is 2.07 bits per heavy atom. The van der Waals surface area contributed by atoms with Crippen molar-refractivity contribution in [2.45, 2.75) is 26.5 Å². The molecular weight excluding hydrogens is 484 g/mol. The van der Waals surface area contributed by atoms with Crippen LogP contribution in [-0.2, 0) is 16.0 Å². The first-order chi connectivity index (χ1) is 12.4. The fourth-order valence-corrected chi connectivity index (χ4v) is 2.31. The van der Waals surface area contributed by atoms with E-state index in [1.54, 1.807) is 30.3 Å². The second-order valence-corrected chi connectivity index (χ2v) is 9.91. The number of amides is 2. The number of carbonyl (C=O) groups excluding carboxylic acids is 2. The van der Waals surface area contributed by atoms with E-state index in [0.29, 0.717) is 0 Å². The minimum absolute atomic E-state index is 0.0244. The second kappa shape index (κ2) is 10.9. The molecule has 0 aliphatic rings. The molecule has 0 aliphatic carbocycles. The zero-order valence-corrected chi connectivity index (χ0v) is 18.2. The first-order valence-electron chi connectivity index (χ1n) is 7.53. The summed E-state index contributed by atoms with van der Waals surface area (Å²) in [5.41, 5.74) is 0.764. The van der Waals surface area contributed by atoms with Gasteiger partial charge in [-0.2, -0.15) is 0 Å². The molecule has 0 unspecified atom stereocenters. The minimum Gasteiger partial charge on any atom is -0.352 e. The van der Waals surface area contributed by atoms with Gasteiger partial charge >= 0.3 is 0 Å². The van der Waals surface area contributed by atoms with E-state index in [4.69, 9.17) is 69.6 Å². The van der Waals surface area contributed by atoms with Gasteiger partial charge in [-0.05, 0) is 24.5 Å². The van der Waals surface area contributed by atoms with Gasteiger partial charge in [-0.25, -0.2) is 4.39 Å². The Kier molecular flexibility index (Phi) is 9.97. The van der Waals surface area contributed by atoms with Gasteiger partial charge in [0.1, 0.15) is 5.83 Å². The summed E-state index contributed by atoms with van der Waals surface area (Å²) < 4.78 is 10.3. The molecule has 0 radical (unpaired) electrons. The van der Waals surface area contributed by atoms with Crippen molar-refractivity contribution in [1.82, 2.24) is 10.6 Å². The molecule has 0 aliphatic heterocycles. The maximum absolute atomic E-state index is 14.6. The van der Waals surface area contributed by atoms with Crippen LogP contribution >= 0.6 is 69.6 Å². The van der Waals surface area contributed by atoms with Crippen molar-refractivity contribution in [2.75, 3.05) is 6.54 Å². The van der Waals surface area contributed by atoms with E-state index in [-0.39, 0.29) is 19.4 Å². The molecule has 0 aromatic heterocycles. The Morgan fingerprint density at radius 2 is 1.56 bits per heavy atom. The van der Waals surface area contributed by atoms with Gasteiger partial charge in [-0.15, -0.1) is 0 Å². The molecule has 1 aromatic carbocycles. The Labute approximate surface area is 186 Å². The van der Waals surface area contributed by atoms with Crippen LogP contribution in [0.25, 0.3) is 0 Å².